The van der Waals surface area contributed by atoms with Crippen LogP contribution < -0.4 is 0 Å². The maximum absolute atomic E-state index is 10.9. The number of hydrogen-bond acceptors (Lipinski definition) is 4. The number of hydrogen-bond donors (Lipinski definition) is 1. The number of aryl methyl sites for hydroxylation is 1. The molecule has 0 amide bonds. The van der Waals surface area contributed by atoms with Gasteiger partial charge in [-0.1, -0.05) is 6.07 Å². The van der Waals surface area contributed by atoms with Gasteiger partial charge in [-0.3, -0.25) is 4.90 Å². The Bertz CT molecular complexity index is 531. The van der Waals surface area contributed by atoms with Crippen molar-refractivity contribution in [1.29, 1.82) is 0 Å². The number of carboxylic acid groups (broad SMARTS) is 1. The molecule has 0 spiro atoms. The van der Waals surface area contributed by atoms with E-state index in [-0.39, 0.29) is 0 Å². The second-order valence-corrected chi connectivity index (χ2v) is 6.54. The number of carbonyl (C=O) groups is 1. The Morgan fingerprint density at radius 2 is 2.22 bits per heavy atom. The van der Waals surface area contributed by atoms with Crippen LogP contribution in [0.5, 0.6) is 0 Å². The van der Waals surface area contributed by atoms with Gasteiger partial charge in [0.1, 0.15) is 4.88 Å². The summed E-state index contributed by atoms with van der Waals surface area (Å²) < 4.78 is 0. The maximum atomic E-state index is 10.9. The summed E-state index contributed by atoms with van der Waals surface area (Å²) in [5.41, 5.74) is 1.11. The summed E-state index contributed by atoms with van der Waals surface area (Å²) in [5, 5.41) is 11.0. The second-order valence-electron chi connectivity index (χ2n) is 4.25. The van der Waals surface area contributed by atoms with Gasteiger partial charge in [0.15, 0.2) is 0 Å². The van der Waals surface area contributed by atoms with Crippen molar-refractivity contribution in [3.05, 3.63) is 43.8 Å². The molecule has 0 fully saturated rings. The average Bonchev–Trinajstić information content (AvgIpc) is 2.89. The molecule has 96 valence electrons. The third-order valence-electron chi connectivity index (χ3n) is 2.68. The molecule has 0 aromatic carbocycles. The first-order chi connectivity index (χ1) is 8.56. The van der Waals surface area contributed by atoms with Crippen molar-refractivity contribution in [1.82, 2.24) is 4.90 Å². The van der Waals surface area contributed by atoms with E-state index < -0.39 is 5.97 Å². The number of thiophene rings is 2. The molecule has 0 aliphatic heterocycles. The highest BCUT2D eigenvalue weighted by Gasteiger charge is 2.12. The van der Waals surface area contributed by atoms with Gasteiger partial charge in [-0.25, -0.2) is 4.79 Å². The quantitative estimate of drug-likeness (QED) is 0.912. The lowest BCUT2D eigenvalue weighted by Gasteiger charge is -2.15. The van der Waals surface area contributed by atoms with E-state index in [1.54, 1.807) is 17.4 Å². The number of nitrogens with zero attached hydrogens (tertiary/aromatic N) is 1. The van der Waals surface area contributed by atoms with Gasteiger partial charge in [0.25, 0.3) is 0 Å². The van der Waals surface area contributed by atoms with Crippen molar-refractivity contribution in [2.24, 2.45) is 0 Å². The average molecular weight is 281 g/mol. The summed E-state index contributed by atoms with van der Waals surface area (Å²) in [6.07, 6.45) is 0. The Balaban J connectivity index is 2.02. The summed E-state index contributed by atoms with van der Waals surface area (Å²) in [5.74, 6) is -0.838. The first-order valence-corrected chi connectivity index (χ1v) is 7.29. The first kappa shape index (κ1) is 13.3. The van der Waals surface area contributed by atoms with Gasteiger partial charge >= 0.3 is 5.97 Å². The predicted octanol–water partition coefficient (Wildman–Crippen LogP) is 3.45. The standard InChI is InChI=1S/C13H15NO2S2/c1-9-10(6-12(18-9)13(15)16)7-14(2)8-11-4-3-5-17-11/h3-6H,7-8H2,1-2H3,(H,15,16). The van der Waals surface area contributed by atoms with Crippen molar-refractivity contribution in [3.63, 3.8) is 0 Å². The van der Waals surface area contributed by atoms with Crippen LogP contribution >= 0.6 is 22.7 Å². The number of carboxylic acids is 1. The van der Waals surface area contributed by atoms with E-state index in [0.29, 0.717) is 4.88 Å². The molecule has 2 heterocycles. The van der Waals surface area contributed by atoms with Gasteiger partial charge in [0.2, 0.25) is 0 Å². The Morgan fingerprint density at radius 1 is 1.44 bits per heavy atom. The highest BCUT2D eigenvalue weighted by molar-refractivity contribution is 7.14. The van der Waals surface area contributed by atoms with Crippen LogP contribution in [0.2, 0.25) is 0 Å². The number of aromatic carboxylic acids is 1. The maximum Gasteiger partial charge on any atom is 0.345 e. The van der Waals surface area contributed by atoms with Crippen molar-refractivity contribution in [2.75, 3.05) is 7.05 Å². The molecule has 0 unspecified atom stereocenters. The molecule has 2 rings (SSSR count). The van der Waals surface area contributed by atoms with E-state index in [0.717, 1.165) is 23.5 Å². The molecule has 2 aromatic heterocycles. The van der Waals surface area contributed by atoms with Gasteiger partial charge in [-0.05, 0) is 37.0 Å². The van der Waals surface area contributed by atoms with E-state index in [1.807, 2.05) is 13.0 Å². The van der Waals surface area contributed by atoms with Crippen LogP contribution in [0.4, 0.5) is 0 Å². The summed E-state index contributed by atoms with van der Waals surface area (Å²) in [6, 6.07) is 5.95. The molecule has 0 aliphatic rings. The molecule has 2 aromatic rings. The lowest BCUT2D eigenvalue weighted by Crippen LogP contribution is -2.16. The van der Waals surface area contributed by atoms with Crippen molar-refractivity contribution < 1.29 is 9.90 Å². The summed E-state index contributed by atoms with van der Waals surface area (Å²) in [6.45, 7) is 3.66. The molecule has 0 aliphatic carbocycles. The van der Waals surface area contributed by atoms with Gasteiger partial charge in [-0.15, -0.1) is 22.7 Å². The molecule has 0 saturated heterocycles. The Kier molecular flexibility index (Phi) is 4.16. The molecule has 0 bridgehead atoms. The molecule has 0 saturated carbocycles. The largest absolute Gasteiger partial charge is 0.477 e. The zero-order valence-electron chi connectivity index (χ0n) is 10.3. The topological polar surface area (TPSA) is 40.5 Å². The third kappa shape index (κ3) is 3.19. The smallest absolute Gasteiger partial charge is 0.345 e. The minimum Gasteiger partial charge on any atom is -0.477 e. The monoisotopic (exact) mass is 281 g/mol. The van der Waals surface area contributed by atoms with E-state index >= 15 is 0 Å². The van der Waals surface area contributed by atoms with Crippen LogP contribution in [-0.2, 0) is 13.1 Å². The van der Waals surface area contributed by atoms with Crippen molar-refractivity contribution in [3.8, 4) is 0 Å². The molecule has 0 atom stereocenters. The fourth-order valence-corrected chi connectivity index (χ4v) is 3.45. The molecule has 0 radical (unpaired) electrons. The lowest BCUT2D eigenvalue weighted by atomic mass is 10.2. The Labute approximate surface area is 114 Å². The van der Waals surface area contributed by atoms with Crippen molar-refractivity contribution >= 4 is 28.6 Å². The minimum absolute atomic E-state index is 0.423. The van der Waals surface area contributed by atoms with Crippen LogP contribution in [0.1, 0.15) is 25.0 Å². The van der Waals surface area contributed by atoms with Crippen LogP contribution in [0, 0.1) is 6.92 Å². The molecular formula is C13H15NO2S2. The van der Waals surface area contributed by atoms with Crippen LogP contribution in [0.15, 0.2) is 23.6 Å². The minimum atomic E-state index is -0.838. The van der Waals surface area contributed by atoms with E-state index in [9.17, 15) is 4.79 Å². The van der Waals surface area contributed by atoms with E-state index in [4.69, 9.17) is 5.11 Å². The molecule has 5 heteroatoms. The molecular weight excluding hydrogens is 266 g/mol. The van der Waals surface area contributed by atoms with Crippen LogP contribution in [0.3, 0.4) is 0 Å². The molecule has 3 nitrogen and oxygen atoms in total. The van der Waals surface area contributed by atoms with Gasteiger partial charge < -0.3 is 5.11 Å². The lowest BCUT2D eigenvalue weighted by molar-refractivity contribution is 0.0702. The molecule has 18 heavy (non-hydrogen) atoms. The van der Waals surface area contributed by atoms with E-state index in [2.05, 4.69) is 23.4 Å². The highest BCUT2D eigenvalue weighted by atomic mass is 32.1. The van der Waals surface area contributed by atoms with Gasteiger partial charge in [-0.2, -0.15) is 0 Å². The number of rotatable bonds is 5. The second kappa shape index (κ2) is 5.65. The molecule has 1 N–H and O–H groups in total. The summed E-state index contributed by atoms with van der Waals surface area (Å²) in [4.78, 5) is 15.9. The summed E-state index contributed by atoms with van der Waals surface area (Å²) >= 11 is 3.09. The zero-order valence-corrected chi connectivity index (χ0v) is 12.0. The Morgan fingerprint density at radius 3 is 2.78 bits per heavy atom. The van der Waals surface area contributed by atoms with Crippen LogP contribution in [0.25, 0.3) is 0 Å². The van der Waals surface area contributed by atoms with Crippen LogP contribution in [-0.4, -0.2) is 23.0 Å². The fourth-order valence-electron chi connectivity index (χ4n) is 1.80. The first-order valence-electron chi connectivity index (χ1n) is 5.60. The summed E-state index contributed by atoms with van der Waals surface area (Å²) in [7, 11) is 2.05. The Hall–Kier alpha value is -1.17. The SMILES string of the molecule is Cc1sc(C(=O)O)cc1CN(C)Cc1cccs1. The zero-order chi connectivity index (χ0) is 13.1. The van der Waals surface area contributed by atoms with Gasteiger partial charge in [0.05, 0.1) is 0 Å². The van der Waals surface area contributed by atoms with Gasteiger partial charge in [0, 0.05) is 22.8 Å². The predicted molar refractivity (Wildman–Crippen MR) is 75.5 cm³/mol. The van der Waals surface area contributed by atoms with E-state index in [1.165, 1.54) is 16.2 Å². The van der Waals surface area contributed by atoms with Crippen molar-refractivity contribution in [2.45, 2.75) is 20.0 Å². The highest BCUT2D eigenvalue weighted by Crippen LogP contribution is 2.23. The normalized spacial score (nSPS) is 11.1. The third-order valence-corrected chi connectivity index (χ3v) is 4.62. The fraction of sp³-hybridized carbons (Fsp3) is 0.308.